The third-order valence-electron chi connectivity index (χ3n) is 5.74. The number of benzene rings is 3. The average Bonchev–Trinajstić information content (AvgIpc) is 3.24. The molecule has 1 aromatic heterocycles. The highest BCUT2D eigenvalue weighted by Crippen LogP contribution is 2.27. The SMILES string of the molecule is Cc1cccc(-n2nc(-c3ccccc3F)cc2C(=O)N2CCc3ccccc3C2)c1. The zero-order chi connectivity index (χ0) is 21.4. The maximum Gasteiger partial charge on any atom is 0.272 e. The van der Waals surface area contributed by atoms with Gasteiger partial charge in [0.2, 0.25) is 0 Å². The van der Waals surface area contributed by atoms with Crippen molar-refractivity contribution in [3.63, 3.8) is 0 Å². The number of halogens is 1. The summed E-state index contributed by atoms with van der Waals surface area (Å²) in [4.78, 5) is 15.4. The summed E-state index contributed by atoms with van der Waals surface area (Å²) in [5.41, 5.74) is 5.55. The summed E-state index contributed by atoms with van der Waals surface area (Å²) in [7, 11) is 0. The molecule has 0 bridgehead atoms. The fourth-order valence-electron chi connectivity index (χ4n) is 4.12. The van der Waals surface area contributed by atoms with Gasteiger partial charge in [0.25, 0.3) is 5.91 Å². The predicted molar refractivity (Wildman–Crippen MR) is 119 cm³/mol. The van der Waals surface area contributed by atoms with Crippen LogP contribution in [0.2, 0.25) is 0 Å². The highest BCUT2D eigenvalue weighted by Gasteiger charge is 2.26. The molecule has 2 heterocycles. The minimum Gasteiger partial charge on any atom is -0.333 e. The van der Waals surface area contributed by atoms with Crippen LogP contribution in [0.3, 0.4) is 0 Å². The second-order valence-electron chi connectivity index (χ2n) is 7.89. The molecule has 0 aliphatic carbocycles. The fraction of sp³-hybridized carbons (Fsp3) is 0.154. The summed E-state index contributed by atoms with van der Waals surface area (Å²) in [5, 5.41) is 4.64. The molecule has 0 unspecified atom stereocenters. The van der Waals surface area contributed by atoms with E-state index in [0.29, 0.717) is 30.0 Å². The number of aryl methyl sites for hydroxylation is 1. The maximum absolute atomic E-state index is 14.5. The van der Waals surface area contributed by atoms with Crippen LogP contribution in [-0.4, -0.2) is 27.1 Å². The number of nitrogens with zero attached hydrogens (tertiary/aromatic N) is 3. The van der Waals surface area contributed by atoms with Crippen molar-refractivity contribution in [1.29, 1.82) is 0 Å². The van der Waals surface area contributed by atoms with Crippen LogP contribution in [0.1, 0.15) is 27.2 Å². The maximum atomic E-state index is 14.5. The van der Waals surface area contributed by atoms with Crippen molar-refractivity contribution in [2.24, 2.45) is 0 Å². The standard InChI is InChI=1S/C26H22FN3O/c1-18-7-6-10-21(15-18)30-25(16-24(28-30)22-11-4-5-12-23(22)27)26(31)29-14-13-19-8-2-3-9-20(19)17-29/h2-12,15-16H,13-14,17H2,1H3. The van der Waals surface area contributed by atoms with Crippen molar-refractivity contribution < 1.29 is 9.18 Å². The van der Waals surface area contributed by atoms with Gasteiger partial charge in [0, 0.05) is 18.7 Å². The zero-order valence-electron chi connectivity index (χ0n) is 17.3. The second-order valence-corrected chi connectivity index (χ2v) is 7.89. The highest BCUT2D eigenvalue weighted by molar-refractivity contribution is 5.94. The highest BCUT2D eigenvalue weighted by atomic mass is 19.1. The zero-order valence-corrected chi connectivity index (χ0v) is 17.3. The van der Waals surface area contributed by atoms with Crippen molar-refractivity contribution in [3.8, 4) is 16.9 Å². The van der Waals surface area contributed by atoms with Gasteiger partial charge in [-0.15, -0.1) is 0 Å². The molecule has 1 amide bonds. The normalized spacial score (nSPS) is 13.2. The number of carbonyl (C=O) groups excluding carboxylic acids is 1. The molecule has 31 heavy (non-hydrogen) atoms. The Kier molecular flexibility index (Phi) is 4.86. The number of rotatable bonds is 3. The molecule has 0 N–H and O–H groups in total. The number of hydrogen-bond acceptors (Lipinski definition) is 2. The van der Waals surface area contributed by atoms with E-state index < -0.39 is 0 Å². The minimum atomic E-state index is -0.359. The van der Waals surface area contributed by atoms with Gasteiger partial charge < -0.3 is 4.90 Å². The van der Waals surface area contributed by atoms with Crippen LogP contribution in [0.4, 0.5) is 4.39 Å². The largest absolute Gasteiger partial charge is 0.333 e. The Morgan fingerprint density at radius 2 is 1.71 bits per heavy atom. The van der Waals surface area contributed by atoms with Gasteiger partial charge in [-0.05, 0) is 60.4 Å². The Labute approximate surface area is 180 Å². The Hall–Kier alpha value is -3.73. The van der Waals surface area contributed by atoms with Gasteiger partial charge in [0.15, 0.2) is 0 Å². The summed E-state index contributed by atoms with van der Waals surface area (Å²) in [6.45, 7) is 3.20. The number of carbonyl (C=O) groups is 1. The molecule has 1 aliphatic heterocycles. The fourth-order valence-corrected chi connectivity index (χ4v) is 4.12. The Balaban J connectivity index is 1.58. The van der Waals surface area contributed by atoms with Crippen LogP contribution in [0.5, 0.6) is 0 Å². The van der Waals surface area contributed by atoms with Crippen LogP contribution in [0, 0.1) is 12.7 Å². The van der Waals surface area contributed by atoms with Crippen molar-refractivity contribution in [3.05, 3.63) is 107 Å². The smallest absolute Gasteiger partial charge is 0.272 e. The Morgan fingerprint density at radius 1 is 0.935 bits per heavy atom. The monoisotopic (exact) mass is 411 g/mol. The molecule has 0 saturated heterocycles. The molecule has 0 radical (unpaired) electrons. The van der Waals surface area contributed by atoms with Gasteiger partial charge in [0.05, 0.1) is 11.4 Å². The predicted octanol–water partition coefficient (Wildman–Crippen LogP) is 5.19. The number of fused-ring (bicyclic) bond motifs is 1. The quantitative estimate of drug-likeness (QED) is 0.466. The number of hydrogen-bond donors (Lipinski definition) is 0. The van der Waals surface area contributed by atoms with Crippen molar-refractivity contribution >= 4 is 5.91 Å². The molecule has 4 aromatic rings. The Bertz CT molecular complexity index is 1280. The molecule has 154 valence electrons. The van der Waals surface area contributed by atoms with E-state index in [9.17, 15) is 9.18 Å². The van der Waals surface area contributed by atoms with Crippen molar-refractivity contribution in [2.45, 2.75) is 19.9 Å². The van der Waals surface area contributed by atoms with Gasteiger partial charge in [-0.2, -0.15) is 5.10 Å². The molecule has 3 aromatic carbocycles. The first-order valence-corrected chi connectivity index (χ1v) is 10.4. The summed E-state index contributed by atoms with van der Waals surface area (Å²) in [6.07, 6.45) is 0.820. The lowest BCUT2D eigenvalue weighted by Gasteiger charge is -2.29. The number of amides is 1. The molecule has 0 spiro atoms. The topological polar surface area (TPSA) is 38.1 Å². The molecule has 1 aliphatic rings. The molecule has 0 saturated carbocycles. The third kappa shape index (κ3) is 3.63. The van der Waals surface area contributed by atoms with E-state index >= 15 is 0 Å². The first-order valence-electron chi connectivity index (χ1n) is 10.4. The second kappa shape index (κ2) is 7.84. The molecule has 0 atom stereocenters. The minimum absolute atomic E-state index is 0.105. The molecular weight excluding hydrogens is 389 g/mol. The lowest BCUT2D eigenvalue weighted by molar-refractivity contribution is 0.0725. The van der Waals surface area contributed by atoms with Crippen LogP contribution < -0.4 is 0 Å². The third-order valence-corrected chi connectivity index (χ3v) is 5.74. The lowest BCUT2D eigenvalue weighted by Crippen LogP contribution is -2.37. The van der Waals surface area contributed by atoms with E-state index in [2.05, 4.69) is 17.2 Å². The lowest BCUT2D eigenvalue weighted by atomic mass is 9.99. The van der Waals surface area contributed by atoms with E-state index in [1.807, 2.05) is 48.2 Å². The Morgan fingerprint density at radius 3 is 2.52 bits per heavy atom. The first-order chi connectivity index (χ1) is 15.1. The number of aromatic nitrogens is 2. The van der Waals surface area contributed by atoms with Gasteiger partial charge in [-0.1, -0.05) is 48.5 Å². The average molecular weight is 411 g/mol. The summed E-state index contributed by atoms with van der Waals surface area (Å²) in [5.74, 6) is -0.464. The summed E-state index contributed by atoms with van der Waals surface area (Å²) in [6, 6.07) is 24.2. The molecule has 5 rings (SSSR count). The van der Waals surface area contributed by atoms with E-state index in [-0.39, 0.29) is 11.7 Å². The molecular formula is C26H22FN3O. The van der Waals surface area contributed by atoms with Gasteiger partial charge in [0.1, 0.15) is 11.5 Å². The first kappa shape index (κ1) is 19.2. The van der Waals surface area contributed by atoms with Crippen LogP contribution in [-0.2, 0) is 13.0 Å². The van der Waals surface area contributed by atoms with Gasteiger partial charge >= 0.3 is 0 Å². The van der Waals surface area contributed by atoms with Crippen LogP contribution in [0.15, 0.2) is 78.9 Å². The van der Waals surface area contributed by atoms with E-state index in [4.69, 9.17) is 0 Å². The molecule has 4 nitrogen and oxygen atoms in total. The molecule has 5 heteroatoms. The molecule has 0 fully saturated rings. The summed E-state index contributed by atoms with van der Waals surface area (Å²) < 4.78 is 16.1. The van der Waals surface area contributed by atoms with Crippen LogP contribution in [0.25, 0.3) is 16.9 Å². The van der Waals surface area contributed by atoms with Crippen LogP contribution >= 0.6 is 0 Å². The van der Waals surface area contributed by atoms with Gasteiger partial charge in [-0.25, -0.2) is 9.07 Å². The van der Waals surface area contributed by atoms with E-state index in [1.54, 1.807) is 28.9 Å². The van der Waals surface area contributed by atoms with Crippen molar-refractivity contribution in [2.75, 3.05) is 6.54 Å². The van der Waals surface area contributed by atoms with E-state index in [0.717, 1.165) is 23.2 Å². The van der Waals surface area contributed by atoms with Gasteiger partial charge in [-0.3, -0.25) is 4.79 Å². The van der Waals surface area contributed by atoms with Crippen molar-refractivity contribution in [1.82, 2.24) is 14.7 Å². The summed E-state index contributed by atoms with van der Waals surface area (Å²) >= 11 is 0. The van der Waals surface area contributed by atoms with E-state index in [1.165, 1.54) is 11.6 Å².